The van der Waals surface area contributed by atoms with Gasteiger partial charge in [0.2, 0.25) is 0 Å². The van der Waals surface area contributed by atoms with Gasteiger partial charge in [0.25, 0.3) is 0 Å². The van der Waals surface area contributed by atoms with Crippen molar-refractivity contribution >= 4 is 11.6 Å². The molecule has 0 unspecified atom stereocenters. The van der Waals surface area contributed by atoms with E-state index in [9.17, 15) is 0 Å². The van der Waals surface area contributed by atoms with E-state index in [0.717, 1.165) is 5.56 Å². The molecule has 0 heterocycles. The van der Waals surface area contributed by atoms with E-state index in [1.165, 1.54) is 0 Å². The molecule has 13 heavy (non-hydrogen) atoms. The Labute approximate surface area is 83.7 Å². The molecule has 0 bridgehead atoms. The van der Waals surface area contributed by atoms with E-state index in [2.05, 4.69) is 5.92 Å². The second kappa shape index (κ2) is 4.79. The molecule has 0 saturated carbocycles. The Hall–Kier alpha value is -1.13. The summed E-state index contributed by atoms with van der Waals surface area (Å²) < 4.78 is 5.38. The standard InChI is InChI=1S/C11H11ClO/c1-3-4-7-13-11-8-9(2)5-6-10(11)12/h1,5-6,8H,4,7H2,2H3. The highest BCUT2D eigenvalue weighted by Crippen LogP contribution is 2.25. The number of terminal acetylenes is 1. The van der Waals surface area contributed by atoms with Gasteiger partial charge in [0.1, 0.15) is 5.75 Å². The molecule has 0 aromatic heterocycles. The predicted octanol–water partition coefficient (Wildman–Crippen LogP) is 3.05. The lowest BCUT2D eigenvalue weighted by Crippen LogP contribution is -1.96. The zero-order valence-electron chi connectivity index (χ0n) is 7.51. The first kappa shape index (κ1) is 9.95. The predicted molar refractivity (Wildman–Crippen MR) is 55.1 cm³/mol. The van der Waals surface area contributed by atoms with E-state index in [1.54, 1.807) is 0 Å². The number of benzene rings is 1. The minimum absolute atomic E-state index is 0.514. The Morgan fingerprint density at radius 2 is 2.31 bits per heavy atom. The number of aryl methyl sites for hydroxylation is 1. The quantitative estimate of drug-likeness (QED) is 0.531. The molecule has 0 fully saturated rings. The van der Waals surface area contributed by atoms with Gasteiger partial charge in [0.05, 0.1) is 11.6 Å². The molecule has 0 aliphatic heterocycles. The van der Waals surface area contributed by atoms with E-state index < -0.39 is 0 Å². The summed E-state index contributed by atoms with van der Waals surface area (Å²) in [6, 6.07) is 5.66. The molecule has 0 spiro atoms. The van der Waals surface area contributed by atoms with Gasteiger partial charge in [-0.1, -0.05) is 17.7 Å². The Bertz CT molecular complexity index is 325. The van der Waals surface area contributed by atoms with Crippen LogP contribution in [0.5, 0.6) is 5.75 Å². The van der Waals surface area contributed by atoms with Gasteiger partial charge in [-0.05, 0) is 24.6 Å². The molecule has 1 aromatic rings. The van der Waals surface area contributed by atoms with Gasteiger partial charge in [0.15, 0.2) is 0 Å². The van der Waals surface area contributed by atoms with E-state index in [4.69, 9.17) is 22.8 Å². The maximum atomic E-state index is 5.90. The molecular formula is C11H11ClO. The molecule has 0 atom stereocenters. The van der Waals surface area contributed by atoms with E-state index in [1.807, 2.05) is 25.1 Å². The number of rotatable bonds is 3. The topological polar surface area (TPSA) is 9.23 Å². The fourth-order valence-electron chi connectivity index (χ4n) is 0.941. The minimum Gasteiger partial charge on any atom is -0.491 e. The van der Waals surface area contributed by atoms with Crippen LogP contribution >= 0.6 is 11.6 Å². The molecule has 0 aliphatic rings. The summed E-state index contributed by atoms with van der Waals surface area (Å²) in [4.78, 5) is 0. The lowest BCUT2D eigenvalue weighted by Gasteiger charge is -2.06. The highest BCUT2D eigenvalue weighted by Gasteiger charge is 2.00. The van der Waals surface area contributed by atoms with Gasteiger partial charge in [-0.3, -0.25) is 0 Å². The molecule has 1 nitrogen and oxygen atoms in total. The molecule has 0 N–H and O–H groups in total. The van der Waals surface area contributed by atoms with Crippen molar-refractivity contribution in [2.45, 2.75) is 13.3 Å². The van der Waals surface area contributed by atoms with Crippen molar-refractivity contribution in [3.8, 4) is 18.1 Å². The van der Waals surface area contributed by atoms with Gasteiger partial charge in [-0.25, -0.2) is 0 Å². The molecule has 0 aliphatic carbocycles. The molecule has 68 valence electrons. The Balaban J connectivity index is 2.65. The normalized spacial score (nSPS) is 9.31. The van der Waals surface area contributed by atoms with E-state index in [-0.39, 0.29) is 0 Å². The average molecular weight is 195 g/mol. The molecule has 0 saturated heterocycles. The van der Waals surface area contributed by atoms with Crippen LogP contribution in [-0.4, -0.2) is 6.61 Å². The summed E-state index contributed by atoms with van der Waals surface area (Å²) in [5.41, 5.74) is 1.13. The largest absolute Gasteiger partial charge is 0.491 e. The van der Waals surface area contributed by atoms with Crippen LogP contribution in [0.25, 0.3) is 0 Å². The van der Waals surface area contributed by atoms with Crippen LogP contribution in [0.15, 0.2) is 18.2 Å². The van der Waals surface area contributed by atoms with Crippen molar-refractivity contribution in [1.82, 2.24) is 0 Å². The van der Waals surface area contributed by atoms with Crippen LogP contribution in [0.2, 0.25) is 5.02 Å². The third-order valence-corrected chi connectivity index (χ3v) is 1.90. The van der Waals surface area contributed by atoms with Gasteiger partial charge in [-0.2, -0.15) is 0 Å². The van der Waals surface area contributed by atoms with Crippen molar-refractivity contribution in [1.29, 1.82) is 0 Å². The van der Waals surface area contributed by atoms with Crippen molar-refractivity contribution in [2.24, 2.45) is 0 Å². The molecule has 0 radical (unpaired) electrons. The summed E-state index contributed by atoms with van der Waals surface area (Å²) >= 11 is 5.90. The van der Waals surface area contributed by atoms with Crippen LogP contribution < -0.4 is 4.74 Å². The van der Waals surface area contributed by atoms with Gasteiger partial charge >= 0.3 is 0 Å². The SMILES string of the molecule is C#CCCOc1cc(C)ccc1Cl. The second-order valence-electron chi connectivity index (χ2n) is 2.74. The fourth-order valence-corrected chi connectivity index (χ4v) is 1.11. The highest BCUT2D eigenvalue weighted by molar-refractivity contribution is 6.32. The monoisotopic (exact) mass is 194 g/mol. The number of hydrogen-bond acceptors (Lipinski definition) is 1. The van der Waals surface area contributed by atoms with E-state index in [0.29, 0.717) is 23.8 Å². The van der Waals surface area contributed by atoms with Gasteiger partial charge in [0, 0.05) is 6.42 Å². The molecule has 1 rings (SSSR count). The Morgan fingerprint density at radius 1 is 1.54 bits per heavy atom. The lowest BCUT2D eigenvalue weighted by molar-refractivity contribution is 0.327. The van der Waals surface area contributed by atoms with Crippen LogP contribution in [-0.2, 0) is 0 Å². The fraction of sp³-hybridized carbons (Fsp3) is 0.273. The molecule has 1 aromatic carbocycles. The third kappa shape index (κ3) is 3.01. The smallest absolute Gasteiger partial charge is 0.138 e. The van der Waals surface area contributed by atoms with Crippen molar-refractivity contribution in [3.05, 3.63) is 28.8 Å². The van der Waals surface area contributed by atoms with E-state index >= 15 is 0 Å². The van der Waals surface area contributed by atoms with Crippen LogP contribution in [0.1, 0.15) is 12.0 Å². The van der Waals surface area contributed by atoms with Crippen molar-refractivity contribution in [3.63, 3.8) is 0 Å². The maximum absolute atomic E-state index is 5.90. The number of hydrogen-bond donors (Lipinski definition) is 0. The van der Waals surface area contributed by atoms with Gasteiger partial charge in [-0.15, -0.1) is 12.3 Å². The van der Waals surface area contributed by atoms with Crippen molar-refractivity contribution < 1.29 is 4.74 Å². The Kier molecular flexibility index (Phi) is 3.67. The summed E-state index contributed by atoms with van der Waals surface area (Å²) in [5.74, 6) is 3.21. The number of halogens is 1. The van der Waals surface area contributed by atoms with Crippen molar-refractivity contribution in [2.75, 3.05) is 6.61 Å². The minimum atomic E-state index is 0.514. The first-order valence-electron chi connectivity index (χ1n) is 4.06. The Morgan fingerprint density at radius 3 is 3.00 bits per heavy atom. The number of ether oxygens (including phenoxy) is 1. The highest BCUT2D eigenvalue weighted by atomic mass is 35.5. The molecular weight excluding hydrogens is 184 g/mol. The zero-order valence-corrected chi connectivity index (χ0v) is 8.27. The summed E-state index contributed by atoms with van der Waals surface area (Å²) in [6.45, 7) is 2.50. The van der Waals surface area contributed by atoms with Crippen LogP contribution in [0.3, 0.4) is 0 Å². The zero-order chi connectivity index (χ0) is 9.68. The first-order valence-corrected chi connectivity index (χ1v) is 4.44. The summed E-state index contributed by atoms with van der Waals surface area (Å²) in [6.07, 6.45) is 5.70. The lowest BCUT2D eigenvalue weighted by atomic mass is 10.2. The third-order valence-electron chi connectivity index (χ3n) is 1.59. The summed E-state index contributed by atoms with van der Waals surface area (Å²) in [7, 11) is 0. The first-order chi connectivity index (χ1) is 6.24. The second-order valence-corrected chi connectivity index (χ2v) is 3.14. The maximum Gasteiger partial charge on any atom is 0.138 e. The summed E-state index contributed by atoms with van der Waals surface area (Å²) in [5, 5.41) is 0.627. The molecule has 0 amide bonds. The van der Waals surface area contributed by atoms with Crippen LogP contribution in [0, 0.1) is 19.3 Å². The van der Waals surface area contributed by atoms with Crippen LogP contribution in [0.4, 0.5) is 0 Å². The van der Waals surface area contributed by atoms with Gasteiger partial charge < -0.3 is 4.74 Å². The molecule has 2 heteroatoms. The average Bonchev–Trinajstić information content (AvgIpc) is 2.11.